The molecule has 7 heteroatoms. The third-order valence-electron chi connectivity index (χ3n) is 3.62. The summed E-state index contributed by atoms with van der Waals surface area (Å²) < 4.78 is 6.51. The van der Waals surface area contributed by atoms with Gasteiger partial charge in [0.2, 0.25) is 5.91 Å². The van der Waals surface area contributed by atoms with E-state index in [9.17, 15) is 9.59 Å². The lowest BCUT2D eigenvalue weighted by molar-refractivity contribution is -0.125. The molecule has 0 aliphatic heterocycles. The number of carbonyl (C=O) groups is 2. The Kier molecular flexibility index (Phi) is 5.90. The zero-order valence-electron chi connectivity index (χ0n) is 14.5. The highest BCUT2D eigenvalue weighted by Gasteiger charge is 2.15. The number of thioether (sulfide) groups is 1. The second kappa shape index (κ2) is 8.33. The molecular formula is C19H18N2O3S2. The maximum Gasteiger partial charge on any atom is 0.339 e. The van der Waals surface area contributed by atoms with Crippen LogP contribution in [0.25, 0.3) is 10.2 Å². The summed E-state index contributed by atoms with van der Waals surface area (Å²) in [6.07, 6.45) is 0. The Morgan fingerprint density at radius 2 is 1.85 bits per heavy atom. The van der Waals surface area contributed by atoms with E-state index >= 15 is 0 Å². The van der Waals surface area contributed by atoms with Crippen LogP contribution in [0, 0.1) is 0 Å². The lowest BCUT2D eigenvalue weighted by atomic mass is 10.2. The number of esters is 1. The van der Waals surface area contributed by atoms with Gasteiger partial charge in [-0.2, -0.15) is 0 Å². The van der Waals surface area contributed by atoms with Gasteiger partial charge in [-0.3, -0.25) is 4.79 Å². The molecule has 0 saturated heterocycles. The Labute approximate surface area is 160 Å². The minimum Gasteiger partial charge on any atom is -0.455 e. The first-order chi connectivity index (χ1) is 12.5. The molecule has 0 aliphatic rings. The molecule has 0 N–H and O–H groups in total. The van der Waals surface area contributed by atoms with E-state index in [1.54, 1.807) is 26.2 Å². The first-order valence-corrected chi connectivity index (χ1v) is 9.78. The number of ether oxygens (including phenoxy) is 1. The van der Waals surface area contributed by atoms with Crippen molar-refractivity contribution in [2.45, 2.75) is 11.5 Å². The zero-order valence-corrected chi connectivity index (χ0v) is 16.1. The average Bonchev–Trinajstić information content (AvgIpc) is 3.07. The molecule has 3 aromatic rings. The summed E-state index contributed by atoms with van der Waals surface area (Å²) in [5.74, 6) is -0.146. The molecule has 0 bridgehead atoms. The largest absolute Gasteiger partial charge is 0.455 e. The highest BCUT2D eigenvalue weighted by Crippen LogP contribution is 2.25. The number of benzene rings is 2. The van der Waals surface area contributed by atoms with Crippen LogP contribution in [-0.2, 0) is 16.1 Å². The molecule has 0 saturated carbocycles. The van der Waals surface area contributed by atoms with Crippen LogP contribution in [0.1, 0.15) is 15.4 Å². The number of para-hydroxylation sites is 1. The molecule has 0 unspecified atom stereocenters. The number of aromatic nitrogens is 1. The van der Waals surface area contributed by atoms with Crippen molar-refractivity contribution >= 4 is 45.2 Å². The van der Waals surface area contributed by atoms with Gasteiger partial charge in [-0.15, -0.1) is 23.1 Å². The van der Waals surface area contributed by atoms with Gasteiger partial charge in [0, 0.05) is 19.0 Å². The first kappa shape index (κ1) is 18.4. The zero-order chi connectivity index (χ0) is 18.5. The predicted octanol–water partition coefficient (Wildman–Crippen LogP) is 3.83. The van der Waals surface area contributed by atoms with E-state index in [4.69, 9.17) is 4.74 Å². The van der Waals surface area contributed by atoms with Crippen LogP contribution < -0.4 is 0 Å². The second-order valence-corrected chi connectivity index (χ2v) is 7.86. The van der Waals surface area contributed by atoms with Crippen molar-refractivity contribution in [3.8, 4) is 0 Å². The van der Waals surface area contributed by atoms with Crippen LogP contribution in [0.3, 0.4) is 0 Å². The molecule has 5 nitrogen and oxygen atoms in total. The van der Waals surface area contributed by atoms with Gasteiger partial charge < -0.3 is 9.64 Å². The van der Waals surface area contributed by atoms with Gasteiger partial charge in [-0.1, -0.05) is 24.3 Å². The van der Waals surface area contributed by atoms with Crippen molar-refractivity contribution in [3.05, 3.63) is 59.1 Å². The molecule has 1 aromatic heterocycles. The Hall–Kier alpha value is -2.38. The molecule has 134 valence electrons. The average molecular weight is 386 g/mol. The molecule has 1 amide bonds. The van der Waals surface area contributed by atoms with Crippen molar-refractivity contribution in [2.75, 3.05) is 19.8 Å². The van der Waals surface area contributed by atoms with Crippen LogP contribution in [0.2, 0.25) is 0 Å². The molecule has 2 aromatic carbocycles. The number of hydrogen-bond donors (Lipinski definition) is 0. The van der Waals surface area contributed by atoms with Gasteiger partial charge in [0.25, 0.3) is 0 Å². The van der Waals surface area contributed by atoms with E-state index in [-0.39, 0.29) is 18.3 Å². The highest BCUT2D eigenvalue weighted by atomic mass is 32.2. The summed E-state index contributed by atoms with van der Waals surface area (Å²) in [5.41, 5.74) is 1.37. The molecule has 26 heavy (non-hydrogen) atoms. The summed E-state index contributed by atoms with van der Waals surface area (Å²) in [7, 11) is 3.42. The SMILES string of the molecule is CN(C)C(=O)CSc1ccccc1C(=O)OCc1nc2ccccc2s1. The number of nitrogens with zero attached hydrogens (tertiary/aromatic N) is 2. The summed E-state index contributed by atoms with van der Waals surface area (Å²) in [6, 6.07) is 15.0. The Balaban J connectivity index is 1.66. The summed E-state index contributed by atoms with van der Waals surface area (Å²) >= 11 is 2.84. The molecule has 0 spiro atoms. The summed E-state index contributed by atoms with van der Waals surface area (Å²) in [6.45, 7) is 0.133. The van der Waals surface area contributed by atoms with Crippen molar-refractivity contribution < 1.29 is 14.3 Å². The van der Waals surface area contributed by atoms with Crippen LogP contribution in [-0.4, -0.2) is 41.6 Å². The fraction of sp³-hybridized carbons (Fsp3) is 0.211. The Bertz CT molecular complexity index is 904. The highest BCUT2D eigenvalue weighted by molar-refractivity contribution is 8.00. The number of fused-ring (bicyclic) bond motifs is 1. The van der Waals surface area contributed by atoms with Gasteiger partial charge in [0.05, 0.1) is 21.5 Å². The van der Waals surface area contributed by atoms with Gasteiger partial charge in [0.15, 0.2) is 0 Å². The lowest BCUT2D eigenvalue weighted by Crippen LogP contribution is -2.23. The topological polar surface area (TPSA) is 59.5 Å². The number of hydrogen-bond acceptors (Lipinski definition) is 6. The van der Waals surface area contributed by atoms with E-state index in [1.807, 2.05) is 36.4 Å². The quantitative estimate of drug-likeness (QED) is 0.476. The number of thiazole rings is 1. The van der Waals surface area contributed by atoms with Gasteiger partial charge in [-0.05, 0) is 24.3 Å². The van der Waals surface area contributed by atoms with Crippen LogP contribution in [0.5, 0.6) is 0 Å². The van der Waals surface area contributed by atoms with Crippen LogP contribution in [0.4, 0.5) is 0 Å². The van der Waals surface area contributed by atoms with Gasteiger partial charge in [0.1, 0.15) is 11.6 Å². The van der Waals surface area contributed by atoms with Crippen molar-refractivity contribution in [2.24, 2.45) is 0 Å². The van der Waals surface area contributed by atoms with Gasteiger partial charge in [-0.25, -0.2) is 9.78 Å². The molecule has 0 atom stereocenters. The maximum absolute atomic E-state index is 12.5. The second-order valence-electron chi connectivity index (χ2n) is 5.72. The van der Waals surface area contributed by atoms with E-state index in [0.717, 1.165) is 20.1 Å². The Morgan fingerprint density at radius 3 is 2.62 bits per heavy atom. The minimum absolute atomic E-state index is 0.00681. The monoisotopic (exact) mass is 386 g/mol. The van der Waals surface area contributed by atoms with Crippen molar-refractivity contribution in [1.29, 1.82) is 0 Å². The predicted molar refractivity (Wildman–Crippen MR) is 105 cm³/mol. The van der Waals surface area contributed by atoms with Gasteiger partial charge >= 0.3 is 5.97 Å². The molecule has 1 heterocycles. The van der Waals surface area contributed by atoms with Crippen LogP contribution in [0.15, 0.2) is 53.4 Å². The lowest BCUT2D eigenvalue weighted by Gasteiger charge is -2.11. The van der Waals surface area contributed by atoms with E-state index in [1.165, 1.54) is 28.0 Å². The molecule has 3 rings (SSSR count). The fourth-order valence-corrected chi connectivity index (χ4v) is 4.12. The summed E-state index contributed by atoms with van der Waals surface area (Å²) in [5, 5.41) is 0.757. The first-order valence-electron chi connectivity index (χ1n) is 7.98. The third-order valence-corrected chi connectivity index (χ3v) is 5.69. The number of carbonyl (C=O) groups excluding carboxylic acids is 2. The molecule has 0 fully saturated rings. The molecular weight excluding hydrogens is 368 g/mol. The minimum atomic E-state index is -0.412. The number of amides is 1. The molecule has 0 radical (unpaired) electrons. The number of rotatable bonds is 6. The smallest absolute Gasteiger partial charge is 0.339 e. The third kappa shape index (κ3) is 4.42. The fourth-order valence-electron chi connectivity index (χ4n) is 2.22. The van der Waals surface area contributed by atoms with Crippen LogP contribution >= 0.6 is 23.1 Å². The Morgan fingerprint density at radius 1 is 1.12 bits per heavy atom. The summed E-state index contributed by atoms with van der Waals surface area (Å²) in [4.78, 5) is 31.0. The van der Waals surface area contributed by atoms with Crippen molar-refractivity contribution in [3.63, 3.8) is 0 Å². The normalized spacial score (nSPS) is 10.7. The van der Waals surface area contributed by atoms with E-state index < -0.39 is 5.97 Å². The van der Waals surface area contributed by atoms with E-state index in [0.29, 0.717) is 5.56 Å². The van der Waals surface area contributed by atoms with E-state index in [2.05, 4.69) is 4.98 Å². The molecule has 0 aliphatic carbocycles. The maximum atomic E-state index is 12.5. The van der Waals surface area contributed by atoms with Crippen molar-refractivity contribution in [1.82, 2.24) is 9.88 Å². The standard InChI is InChI=1S/C19H18N2O3S2/c1-21(2)18(22)12-25-15-9-5-3-7-13(15)19(23)24-11-17-20-14-8-4-6-10-16(14)26-17/h3-10H,11-12H2,1-2H3.